The van der Waals surface area contributed by atoms with E-state index >= 15 is 0 Å². The average Bonchev–Trinajstić information content (AvgIpc) is 2.42. The molecule has 1 aromatic rings. The van der Waals surface area contributed by atoms with Gasteiger partial charge in [0.2, 0.25) is 11.8 Å². The van der Waals surface area contributed by atoms with Crippen LogP contribution in [0.1, 0.15) is 39.7 Å². The van der Waals surface area contributed by atoms with Gasteiger partial charge in [-0.1, -0.05) is 24.6 Å². The van der Waals surface area contributed by atoms with E-state index in [1.165, 1.54) is 0 Å². The first-order valence-electron chi connectivity index (χ1n) is 7.07. The zero-order valence-corrected chi connectivity index (χ0v) is 14.0. The van der Waals surface area contributed by atoms with Crippen molar-refractivity contribution >= 4 is 29.1 Å². The Morgan fingerprint density at radius 2 is 1.90 bits per heavy atom. The van der Waals surface area contributed by atoms with Crippen molar-refractivity contribution in [2.75, 3.05) is 5.32 Å². The lowest BCUT2D eigenvalue weighted by Crippen LogP contribution is -2.47. The summed E-state index contributed by atoms with van der Waals surface area (Å²) in [6.07, 6.45) is 0.816. The van der Waals surface area contributed by atoms with Crippen molar-refractivity contribution < 1.29 is 9.59 Å². The number of carbonyl (C=O) groups is 2. The van der Waals surface area contributed by atoms with Crippen molar-refractivity contribution in [3.63, 3.8) is 0 Å². The maximum atomic E-state index is 12.4. The molecule has 0 radical (unpaired) electrons. The molecule has 0 aliphatic carbocycles. The minimum Gasteiger partial charge on any atom is -0.353 e. The van der Waals surface area contributed by atoms with E-state index in [4.69, 9.17) is 11.6 Å². The monoisotopic (exact) mass is 310 g/mol. The number of benzene rings is 1. The zero-order valence-electron chi connectivity index (χ0n) is 13.2. The van der Waals surface area contributed by atoms with Gasteiger partial charge in [0.25, 0.3) is 0 Å². The first kappa shape index (κ1) is 17.5. The summed E-state index contributed by atoms with van der Waals surface area (Å²) in [5.41, 5.74) is 0.362. The summed E-state index contributed by atoms with van der Waals surface area (Å²) in [5, 5.41) is 6.16. The first-order valence-corrected chi connectivity index (χ1v) is 7.44. The number of hydrogen-bond acceptors (Lipinski definition) is 2. The Morgan fingerprint density at radius 1 is 1.29 bits per heavy atom. The van der Waals surface area contributed by atoms with Crippen LogP contribution in [0, 0.1) is 12.3 Å². The SMILES string of the molecule is CCC(C)NC(=O)C(C)(C)C(=O)Nc1cc(Cl)ccc1C. The number of rotatable bonds is 5. The third-order valence-corrected chi connectivity index (χ3v) is 3.81. The molecule has 0 bridgehead atoms. The van der Waals surface area contributed by atoms with Gasteiger partial charge in [0.05, 0.1) is 0 Å². The van der Waals surface area contributed by atoms with E-state index in [1.54, 1.807) is 26.0 Å². The van der Waals surface area contributed by atoms with Gasteiger partial charge >= 0.3 is 0 Å². The van der Waals surface area contributed by atoms with Crippen LogP contribution in [0.25, 0.3) is 0 Å². The van der Waals surface area contributed by atoms with Crippen LogP contribution < -0.4 is 10.6 Å². The van der Waals surface area contributed by atoms with Crippen LogP contribution >= 0.6 is 11.6 Å². The van der Waals surface area contributed by atoms with Crippen LogP contribution in [0.2, 0.25) is 5.02 Å². The Balaban J connectivity index is 2.86. The third-order valence-electron chi connectivity index (χ3n) is 3.57. The quantitative estimate of drug-likeness (QED) is 0.817. The second-order valence-electron chi connectivity index (χ2n) is 5.82. The van der Waals surface area contributed by atoms with Gasteiger partial charge < -0.3 is 10.6 Å². The summed E-state index contributed by atoms with van der Waals surface area (Å²) in [7, 11) is 0. The Labute approximate surface area is 131 Å². The van der Waals surface area contributed by atoms with Crippen molar-refractivity contribution in [3.05, 3.63) is 28.8 Å². The number of aryl methyl sites for hydroxylation is 1. The summed E-state index contributed by atoms with van der Waals surface area (Å²) < 4.78 is 0. The van der Waals surface area contributed by atoms with E-state index in [2.05, 4.69) is 10.6 Å². The molecule has 2 N–H and O–H groups in total. The molecule has 0 aliphatic rings. The third kappa shape index (κ3) is 4.46. The van der Waals surface area contributed by atoms with Gasteiger partial charge in [-0.05, 0) is 51.8 Å². The molecule has 1 unspecified atom stereocenters. The minimum atomic E-state index is -1.15. The second-order valence-corrected chi connectivity index (χ2v) is 6.26. The molecule has 1 rings (SSSR count). The number of hydrogen-bond donors (Lipinski definition) is 2. The Hall–Kier alpha value is -1.55. The fraction of sp³-hybridized carbons (Fsp3) is 0.500. The highest BCUT2D eigenvalue weighted by atomic mass is 35.5. The summed E-state index contributed by atoms with van der Waals surface area (Å²) in [4.78, 5) is 24.6. The molecular weight excluding hydrogens is 288 g/mol. The first-order chi connectivity index (χ1) is 9.68. The van der Waals surface area contributed by atoms with Crippen LogP contribution in [0.5, 0.6) is 0 Å². The lowest BCUT2D eigenvalue weighted by molar-refractivity contribution is -0.138. The Bertz CT molecular complexity index is 541. The van der Waals surface area contributed by atoms with E-state index in [1.807, 2.05) is 26.8 Å². The van der Waals surface area contributed by atoms with Crippen LogP contribution in [0.15, 0.2) is 18.2 Å². The molecule has 1 aromatic carbocycles. The van der Waals surface area contributed by atoms with Gasteiger partial charge in [0.15, 0.2) is 0 Å². The van der Waals surface area contributed by atoms with E-state index in [0.717, 1.165) is 12.0 Å². The molecule has 4 nitrogen and oxygen atoms in total. The molecule has 116 valence electrons. The van der Waals surface area contributed by atoms with Crippen molar-refractivity contribution in [3.8, 4) is 0 Å². The van der Waals surface area contributed by atoms with Gasteiger partial charge in [-0.2, -0.15) is 0 Å². The van der Waals surface area contributed by atoms with Gasteiger partial charge in [-0.15, -0.1) is 0 Å². The molecule has 5 heteroatoms. The molecule has 0 heterocycles. The van der Waals surface area contributed by atoms with Crippen molar-refractivity contribution in [1.29, 1.82) is 0 Å². The highest BCUT2D eigenvalue weighted by Gasteiger charge is 2.36. The van der Waals surface area contributed by atoms with E-state index in [9.17, 15) is 9.59 Å². The second kappa shape index (κ2) is 6.94. The van der Waals surface area contributed by atoms with Crippen LogP contribution in [-0.2, 0) is 9.59 Å². The van der Waals surface area contributed by atoms with Gasteiger partial charge in [-0.3, -0.25) is 9.59 Å². The lowest BCUT2D eigenvalue weighted by Gasteiger charge is -2.25. The molecular formula is C16H23ClN2O2. The van der Waals surface area contributed by atoms with Gasteiger partial charge in [-0.25, -0.2) is 0 Å². The topological polar surface area (TPSA) is 58.2 Å². The maximum Gasteiger partial charge on any atom is 0.239 e. The van der Waals surface area contributed by atoms with E-state index in [0.29, 0.717) is 10.7 Å². The number of carbonyl (C=O) groups excluding carboxylic acids is 2. The van der Waals surface area contributed by atoms with E-state index < -0.39 is 5.41 Å². The predicted molar refractivity (Wildman–Crippen MR) is 86.5 cm³/mol. The molecule has 0 spiro atoms. The highest BCUT2D eigenvalue weighted by Crippen LogP contribution is 2.24. The number of nitrogens with one attached hydrogen (secondary N) is 2. The molecule has 2 amide bonds. The normalized spacial score (nSPS) is 12.7. The Kier molecular flexibility index (Phi) is 5.78. The fourth-order valence-electron chi connectivity index (χ4n) is 1.62. The van der Waals surface area contributed by atoms with Crippen molar-refractivity contribution in [2.24, 2.45) is 5.41 Å². The summed E-state index contributed by atoms with van der Waals surface area (Å²) in [6, 6.07) is 5.30. The smallest absolute Gasteiger partial charge is 0.239 e. The molecule has 21 heavy (non-hydrogen) atoms. The average molecular weight is 311 g/mol. The maximum absolute atomic E-state index is 12.4. The summed E-state index contributed by atoms with van der Waals surface area (Å²) in [5.74, 6) is -0.636. The fourth-order valence-corrected chi connectivity index (χ4v) is 1.79. The summed E-state index contributed by atoms with van der Waals surface area (Å²) in [6.45, 7) is 8.98. The highest BCUT2D eigenvalue weighted by molar-refractivity contribution is 6.31. The van der Waals surface area contributed by atoms with E-state index in [-0.39, 0.29) is 17.9 Å². The van der Waals surface area contributed by atoms with Crippen LogP contribution in [-0.4, -0.2) is 17.9 Å². The van der Waals surface area contributed by atoms with Gasteiger partial charge in [0, 0.05) is 16.8 Å². The van der Waals surface area contributed by atoms with Crippen molar-refractivity contribution in [1.82, 2.24) is 5.32 Å². The minimum absolute atomic E-state index is 0.0393. The molecule has 0 fully saturated rings. The molecule has 0 aromatic heterocycles. The number of amides is 2. The number of halogens is 1. The Morgan fingerprint density at radius 3 is 2.48 bits per heavy atom. The zero-order chi connectivity index (χ0) is 16.2. The van der Waals surface area contributed by atoms with Gasteiger partial charge in [0.1, 0.15) is 5.41 Å². The molecule has 0 saturated carbocycles. The standard InChI is InChI=1S/C16H23ClN2O2/c1-6-11(3)18-14(20)16(4,5)15(21)19-13-9-12(17)8-7-10(13)2/h7-9,11H,6H2,1-5H3,(H,18,20)(H,19,21). The molecule has 0 aliphatic heterocycles. The van der Waals surface area contributed by atoms with Crippen LogP contribution in [0.4, 0.5) is 5.69 Å². The molecule has 1 atom stereocenters. The molecule has 0 saturated heterocycles. The largest absolute Gasteiger partial charge is 0.353 e. The summed E-state index contributed by atoms with van der Waals surface area (Å²) >= 11 is 5.93. The van der Waals surface area contributed by atoms with Crippen LogP contribution in [0.3, 0.4) is 0 Å². The van der Waals surface area contributed by atoms with Crippen molar-refractivity contribution in [2.45, 2.75) is 47.1 Å². The lowest BCUT2D eigenvalue weighted by atomic mass is 9.90. The predicted octanol–water partition coefficient (Wildman–Crippen LogP) is 3.53. The number of anilines is 1.